The summed E-state index contributed by atoms with van der Waals surface area (Å²) in [6.07, 6.45) is 2.44. The predicted molar refractivity (Wildman–Crippen MR) is 73.4 cm³/mol. The van der Waals surface area contributed by atoms with Crippen molar-refractivity contribution in [2.45, 2.75) is 52.2 Å². The summed E-state index contributed by atoms with van der Waals surface area (Å²) in [6.45, 7) is 13.5. The number of hydrogen-bond acceptors (Lipinski definition) is 3. The number of methoxy groups -OCH3 is 1. The molecule has 0 aromatic rings. The SMILES string of the molecule is CCNCC(C(C)C)N1CCCC(C)(OC)C1. The summed E-state index contributed by atoms with van der Waals surface area (Å²) in [6, 6.07) is 0.629. The predicted octanol–water partition coefficient (Wildman–Crippen LogP) is 2.12. The molecule has 0 aromatic carbocycles. The molecule has 0 aromatic heterocycles. The lowest BCUT2D eigenvalue weighted by Gasteiger charge is -2.44. The van der Waals surface area contributed by atoms with Crippen LogP contribution < -0.4 is 5.32 Å². The third kappa shape index (κ3) is 4.23. The Hall–Kier alpha value is -0.120. The molecule has 2 unspecified atom stereocenters. The van der Waals surface area contributed by atoms with Crippen LogP contribution in [0.25, 0.3) is 0 Å². The highest BCUT2D eigenvalue weighted by atomic mass is 16.5. The molecule has 0 radical (unpaired) electrons. The first-order valence-electron chi connectivity index (χ1n) is 7.02. The van der Waals surface area contributed by atoms with Gasteiger partial charge in [-0.05, 0) is 38.8 Å². The van der Waals surface area contributed by atoms with Gasteiger partial charge in [-0.2, -0.15) is 0 Å². The number of nitrogens with one attached hydrogen (secondary N) is 1. The summed E-state index contributed by atoms with van der Waals surface area (Å²) < 4.78 is 5.68. The van der Waals surface area contributed by atoms with E-state index < -0.39 is 0 Å². The zero-order chi connectivity index (χ0) is 12.9. The van der Waals surface area contributed by atoms with Crippen LogP contribution in [-0.4, -0.2) is 49.8 Å². The van der Waals surface area contributed by atoms with E-state index in [4.69, 9.17) is 4.74 Å². The van der Waals surface area contributed by atoms with E-state index in [1.165, 1.54) is 19.4 Å². The Kier molecular flexibility index (Phi) is 5.90. The lowest BCUT2D eigenvalue weighted by Crippen LogP contribution is -2.55. The van der Waals surface area contributed by atoms with Gasteiger partial charge in [0, 0.05) is 26.2 Å². The maximum atomic E-state index is 5.68. The smallest absolute Gasteiger partial charge is 0.0777 e. The van der Waals surface area contributed by atoms with E-state index in [0.29, 0.717) is 12.0 Å². The Morgan fingerprint density at radius 1 is 1.41 bits per heavy atom. The third-order valence-electron chi connectivity index (χ3n) is 4.02. The largest absolute Gasteiger partial charge is 0.377 e. The zero-order valence-corrected chi connectivity index (χ0v) is 12.3. The van der Waals surface area contributed by atoms with E-state index in [-0.39, 0.29) is 5.60 Å². The van der Waals surface area contributed by atoms with Crippen LogP contribution in [0.2, 0.25) is 0 Å². The normalized spacial score (nSPS) is 28.6. The minimum absolute atomic E-state index is 0.0532. The fourth-order valence-electron chi connectivity index (χ4n) is 2.77. The quantitative estimate of drug-likeness (QED) is 0.772. The Morgan fingerprint density at radius 3 is 2.65 bits per heavy atom. The van der Waals surface area contributed by atoms with E-state index in [1.54, 1.807) is 0 Å². The molecule has 1 aliphatic rings. The van der Waals surface area contributed by atoms with Crippen LogP contribution in [0.4, 0.5) is 0 Å². The van der Waals surface area contributed by atoms with Gasteiger partial charge in [0.05, 0.1) is 5.60 Å². The van der Waals surface area contributed by atoms with Gasteiger partial charge in [0.2, 0.25) is 0 Å². The van der Waals surface area contributed by atoms with Gasteiger partial charge in [-0.15, -0.1) is 0 Å². The molecule has 0 spiro atoms. The summed E-state index contributed by atoms with van der Waals surface area (Å²) in [7, 11) is 1.85. The zero-order valence-electron chi connectivity index (χ0n) is 12.3. The summed E-state index contributed by atoms with van der Waals surface area (Å²) in [5.41, 5.74) is 0.0532. The van der Waals surface area contributed by atoms with E-state index >= 15 is 0 Å². The van der Waals surface area contributed by atoms with E-state index in [9.17, 15) is 0 Å². The highest BCUT2D eigenvalue weighted by Crippen LogP contribution is 2.26. The molecule has 1 aliphatic heterocycles. The molecule has 17 heavy (non-hydrogen) atoms. The van der Waals surface area contributed by atoms with Gasteiger partial charge in [0.1, 0.15) is 0 Å². The Balaban J connectivity index is 2.60. The first-order valence-corrected chi connectivity index (χ1v) is 7.02. The first-order chi connectivity index (χ1) is 8.02. The fraction of sp³-hybridized carbons (Fsp3) is 1.00. The Morgan fingerprint density at radius 2 is 2.12 bits per heavy atom. The molecule has 2 atom stereocenters. The van der Waals surface area contributed by atoms with Crippen molar-refractivity contribution in [2.75, 3.05) is 33.3 Å². The third-order valence-corrected chi connectivity index (χ3v) is 4.02. The molecule has 1 rings (SSSR count). The molecule has 1 fully saturated rings. The average Bonchev–Trinajstić information content (AvgIpc) is 2.29. The van der Waals surface area contributed by atoms with Crippen molar-refractivity contribution >= 4 is 0 Å². The molecule has 1 saturated heterocycles. The minimum atomic E-state index is 0.0532. The molecular formula is C14H30N2O. The van der Waals surface area contributed by atoms with Gasteiger partial charge >= 0.3 is 0 Å². The maximum Gasteiger partial charge on any atom is 0.0777 e. The van der Waals surface area contributed by atoms with E-state index in [1.807, 2.05) is 7.11 Å². The molecular weight excluding hydrogens is 212 g/mol. The molecule has 1 heterocycles. The summed E-state index contributed by atoms with van der Waals surface area (Å²) in [4.78, 5) is 2.61. The standard InChI is InChI=1S/C14H30N2O/c1-6-15-10-13(12(2)3)16-9-7-8-14(4,11-16)17-5/h12-13,15H,6-11H2,1-5H3. The lowest BCUT2D eigenvalue weighted by molar-refractivity contribution is -0.0655. The number of hydrogen-bond donors (Lipinski definition) is 1. The number of ether oxygens (including phenoxy) is 1. The molecule has 3 heteroatoms. The van der Waals surface area contributed by atoms with Crippen molar-refractivity contribution in [2.24, 2.45) is 5.92 Å². The van der Waals surface area contributed by atoms with Crippen molar-refractivity contribution in [3.05, 3.63) is 0 Å². The molecule has 1 N–H and O–H groups in total. The summed E-state index contributed by atoms with van der Waals surface area (Å²) >= 11 is 0. The highest BCUT2D eigenvalue weighted by molar-refractivity contribution is 4.89. The van der Waals surface area contributed by atoms with Crippen LogP contribution in [0, 0.1) is 5.92 Å². The first kappa shape index (κ1) is 14.9. The molecule has 0 amide bonds. The number of rotatable bonds is 6. The van der Waals surface area contributed by atoms with Gasteiger partial charge in [-0.3, -0.25) is 4.90 Å². The second kappa shape index (κ2) is 6.72. The molecule has 0 aliphatic carbocycles. The number of likely N-dealkylation sites (tertiary alicyclic amines) is 1. The van der Waals surface area contributed by atoms with E-state index in [0.717, 1.165) is 19.6 Å². The molecule has 102 valence electrons. The van der Waals surface area contributed by atoms with Gasteiger partial charge in [0.25, 0.3) is 0 Å². The molecule has 0 bridgehead atoms. The summed E-state index contributed by atoms with van der Waals surface area (Å²) in [5.74, 6) is 0.688. The van der Waals surface area contributed by atoms with Crippen molar-refractivity contribution < 1.29 is 4.74 Å². The topological polar surface area (TPSA) is 24.5 Å². The van der Waals surface area contributed by atoms with E-state index in [2.05, 4.69) is 37.9 Å². The maximum absolute atomic E-state index is 5.68. The van der Waals surface area contributed by atoms with Crippen molar-refractivity contribution in [3.63, 3.8) is 0 Å². The van der Waals surface area contributed by atoms with Gasteiger partial charge in [-0.1, -0.05) is 20.8 Å². The minimum Gasteiger partial charge on any atom is -0.377 e. The fourth-order valence-corrected chi connectivity index (χ4v) is 2.77. The highest BCUT2D eigenvalue weighted by Gasteiger charge is 2.34. The molecule has 3 nitrogen and oxygen atoms in total. The van der Waals surface area contributed by atoms with Crippen molar-refractivity contribution in [1.29, 1.82) is 0 Å². The number of likely N-dealkylation sites (N-methyl/N-ethyl adjacent to an activating group) is 1. The van der Waals surface area contributed by atoms with Crippen LogP contribution in [0.5, 0.6) is 0 Å². The van der Waals surface area contributed by atoms with Gasteiger partial charge < -0.3 is 10.1 Å². The van der Waals surface area contributed by atoms with Crippen LogP contribution in [0.3, 0.4) is 0 Å². The van der Waals surface area contributed by atoms with Gasteiger partial charge in [-0.25, -0.2) is 0 Å². The number of nitrogens with zero attached hydrogens (tertiary/aromatic N) is 1. The van der Waals surface area contributed by atoms with Crippen LogP contribution in [0.15, 0.2) is 0 Å². The Bertz CT molecular complexity index is 220. The van der Waals surface area contributed by atoms with Crippen molar-refractivity contribution in [3.8, 4) is 0 Å². The van der Waals surface area contributed by atoms with Crippen LogP contribution in [0.1, 0.15) is 40.5 Å². The molecule has 0 saturated carbocycles. The Labute approximate surface area is 107 Å². The second-order valence-electron chi connectivity index (χ2n) is 5.85. The monoisotopic (exact) mass is 242 g/mol. The number of piperidine rings is 1. The summed E-state index contributed by atoms with van der Waals surface area (Å²) in [5, 5.41) is 3.49. The van der Waals surface area contributed by atoms with Crippen LogP contribution >= 0.6 is 0 Å². The average molecular weight is 242 g/mol. The lowest BCUT2D eigenvalue weighted by atomic mass is 9.91. The second-order valence-corrected chi connectivity index (χ2v) is 5.85. The van der Waals surface area contributed by atoms with Gasteiger partial charge in [0.15, 0.2) is 0 Å². The van der Waals surface area contributed by atoms with Crippen LogP contribution in [-0.2, 0) is 4.74 Å². The van der Waals surface area contributed by atoms with Crippen molar-refractivity contribution in [1.82, 2.24) is 10.2 Å².